The Labute approximate surface area is 104 Å². The van der Waals surface area contributed by atoms with Crippen LogP contribution in [0.1, 0.15) is 11.3 Å². The molecule has 2 aromatic rings. The normalized spacial score (nSPS) is 11.8. The first kappa shape index (κ1) is 12.2. The van der Waals surface area contributed by atoms with Gasteiger partial charge in [-0.2, -0.15) is 18.3 Å². The molecule has 0 radical (unpaired) electrons. The quantitative estimate of drug-likeness (QED) is 0.780. The first-order valence-electron chi connectivity index (χ1n) is 4.77. The summed E-state index contributed by atoms with van der Waals surface area (Å²) in [6, 6.07) is 6.68. The zero-order valence-corrected chi connectivity index (χ0v) is 10.4. The fraction of sp³-hybridized carbons (Fsp3) is 0.182. The third-order valence-electron chi connectivity index (χ3n) is 2.27. The Balaban J connectivity index is 2.57. The second kappa shape index (κ2) is 4.18. The molecule has 17 heavy (non-hydrogen) atoms. The number of benzene rings is 1. The van der Waals surface area contributed by atoms with E-state index in [0.29, 0.717) is 5.69 Å². The van der Waals surface area contributed by atoms with E-state index >= 15 is 0 Å². The second-order valence-electron chi connectivity index (χ2n) is 3.59. The molecule has 0 spiro atoms. The van der Waals surface area contributed by atoms with E-state index in [4.69, 9.17) is 0 Å². The van der Waals surface area contributed by atoms with Gasteiger partial charge in [-0.25, -0.2) is 4.68 Å². The van der Waals surface area contributed by atoms with E-state index in [-0.39, 0.29) is 4.47 Å². The van der Waals surface area contributed by atoms with Gasteiger partial charge in [0.15, 0.2) is 5.69 Å². The molecule has 0 amide bonds. The number of nitrogens with zero attached hydrogens (tertiary/aromatic N) is 2. The van der Waals surface area contributed by atoms with Gasteiger partial charge in [0.05, 0.1) is 16.4 Å². The minimum Gasteiger partial charge on any atom is -0.227 e. The van der Waals surface area contributed by atoms with Gasteiger partial charge in [-0.1, -0.05) is 17.7 Å². The van der Waals surface area contributed by atoms with Crippen LogP contribution in [0.4, 0.5) is 13.2 Å². The summed E-state index contributed by atoms with van der Waals surface area (Å²) in [5, 5.41) is 3.73. The van der Waals surface area contributed by atoms with E-state index in [1.807, 2.05) is 6.92 Å². The van der Waals surface area contributed by atoms with Crippen molar-refractivity contribution in [1.82, 2.24) is 9.78 Å². The van der Waals surface area contributed by atoms with Crippen molar-refractivity contribution in [2.45, 2.75) is 13.1 Å². The Hall–Kier alpha value is -1.30. The van der Waals surface area contributed by atoms with Crippen LogP contribution < -0.4 is 0 Å². The molecule has 0 aliphatic carbocycles. The van der Waals surface area contributed by atoms with E-state index in [9.17, 15) is 13.2 Å². The van der Waals surface area contributed by atoms with Crippen LogP contribution in [-0.4, -0.2) is 9.78 Å². The minimum atomic E-state index is -4.44. The number of halogens is 4. The van der Waals surface area contributed by atoms with Crippen LogP contribution in [0.5, 0.6) is 0 Å². The zero-order valence-electron chi connectivity index (χ0n) is 8.79. The predicted octanol–water partition coefficient (Wildman–Crippen LogP) is 3.96. The van der Waals surface area contributed by atoms with E-state index < -0.39 is 11.9 Å². The van der Waals surface area contributed by atoms with Gasteiger partial charge >= 0.3 is 6.18 Å². The summed E-state index contributed by atoms with van der Waals surface area (Å²) in [4.78, 5) is 0. The highest BCUT2D eigenvalue weighted by molar-refractivity contribution is 9.10. The van der Waals surface area contributed by atoms with Gasteiger partial charge in [0, 0.05) is 0 Å². The maximum Gasteiger partial charge on any atom is 0.434 e. The van der Waals surface area contributed by atoms with Gasteiger partial charge in [-0.15, -0.1) is 0 Å². The van der Waals surface area contributed by atoms with Crippen molar-refractivity contribution in [1.29, 1.82) is 0 Å². The van der Waals surface area contributed by atoms with Gasteiger partial charge in [0.2, 0.25) is 0 Å². The Kier molecular flexibility index (Phi) is 2.99. The molecule has 0 saturated heterocycles. The summed E-state index contributed by atoms with van der Waals surface area (Å²) in [5.41, 5.74) is 0.559. The van der Waals surface area contributed by atoms with E-state index in [0.717, 1.165) is 16.4 Å². The smallest absolute Gasteiger partial charge is 0.227 e. The molecular formula is C11H8BrF3N2. The van der Waals surface area contributed by atoms with Crippen molar-refractivity contribution in [2.24, 2.45) is 0 Å². The average molecular weight is 305 g/mol. The zero-order chi connectivity index (χ0) is 12.6. The molecule has 1 aromatic heterocycles. The Morgan fingerprint density at radius 3 is 2.29 bits per heavy atom. The summed E-state index contributed by atoms with van der Waals surface area (Å²) in [6.45, 7) is 1.87. The van der Waals surface area contributed by atoms with Gasteiger partial charge in [-0.05, 0) is 35.0 Å². The molecule has 1 aromatic carbocycles. The van der Waals surface area contributed by atoms with Crippen LogP contribution in [0, 0.1) is 6.92 Å². The number of aromatic nitrogens is 2. The fourth-order valence-corrected chi connectivity index (χ4v) is 1.95. The second-order valence-corrected chi connectivity index (χ2v) is 4.44. The van der Waals surface area contributed by atoms with Crippen LogP contribution in [0.25, 0.3) is 5.69 Å². The van der Waals surface area contributed by atoms with Crippen LogP contribution in [0.15, 0.2) is 34.9 Å². The van der Waals surface area contributed by atoms with E-state index in [1.165, 1.54) is 0 Å². The van der Waals surface area contributed by atoms with Gasteiger partial charge in [-0.3, -0.25) is 0 Å². The van der Waals surface area contributed by atoms with Crippen LogP contribution in [0.3, 0.4) is 0 Å². The maximum atomic E-state index is 12.8. The lowest BCUT2D eigenvalue weighted by Crippen LogP contribution is -2.13. The molecule has 0 fully saturated rings. The highest BCUT2D eigenvalue weighted by Crippen LogP contribution is 2.35. The van der Waals surface area contributed by atoms with Crippen LogP contribution >= 0.6 is 15.9 Å². The number of rotatable bonds is 1. The van der Waals surface area contributed by atoms with E-state index in [2.05, 4.69) is 21.0 Å². The lowest BCUT2D eigenvalue weighted by molar-refractivity contribution is -0.143. The van der Waals surface area contributed by atoms with Crippen molar-refractivity contribution < 1.29 is 13.2 Å². The SMILES string of the molecule is Cc1ccc(-n2ncc(Br)c2C(F)(F)F)cc1. The summed E-state index contributed by atoms with van der Waals surface area (Å²) in [7, 11) is 0. The third-order valence-corrected chi connectivity index (χ3v) is 2.85. The first-order valence-corrected chi connectivity index (χ1v) is 5.56. The molecule has 2 nitrogen and oxygen atoms in total. The average Bonchev–Trinajstić information content (AvgIpc) is 2.61. The van der Waals surface area contributed by atoms with Crippen molar-refractivity contribution in [3.05, 3.63) is 46.2 Å². The molecule has 0 atom stereocenters. The van der Waals surface area contributed by atoms with Crippen LogP contribution in [0.2, 0.25) is 0 Å². The van der Waals surface area contributed by atoms with Gasteiger partial charge < -0.3 is 0 Å². The number of hydrogen-bond acceptors (Lipinski definition) is 1. The number of aryl methyl sites for hydroxylation is 1. The molecule has 0 unspecified atom stereocenters. The summed E-state index contributed by atoms with van der Waals surface area (Å²) in [6.07, 6.45) is -3.30. The molecule has 0 aliphatic heterocycles. The topological polar surface area (TPSA) is 17.8 Å². The van der Waals surface area contributed by atoms with Crippen molar-refractivity contribution in [3.63, 3.8) is 0 Å². The molecule has 1 heterocycles. The summed E-state index contributed by atoms with van der Waals surface area (Å²) >= 11 is 2.86. The Morgan fingerprint density at radius 1 is 1.18 bits per heavy atom. The predicted molar refractivity (Wildman–Crippen MR) is 61.0 cm³/mol. The van der Waals surface area contributed by atoms with E-state index in [1.54, 1.807) is 24.3 Å². The van der Waals surface area contributed by atoms with Gasteiger partial charge in [0.25, 0.3) is 0 Å². The van der Waals surface area contributed by atoms with Crippen molar-refractivity contribution >= 4 is 15.9 Å². The maximum absolute atomic E-state index is 12.8. The molecule has 90 valence electrons. The largest absolute Gasteiger partial charge is 0.434 e. The number of alkyl halides is 3. The summed E-state index contributed by atoms with van der Waals surface area (Å²) < 4.78 is 39.3. The molecule has 0 bridgehead atoms. The lowest BCUT2D eigenvalue weighted by atomic mass is 10.2. The Morgan fingerprint density at radius 2 is 1.76 bits per heavy atom. The lowest BCUT2D eigenvalue weighted by Gasteiger charge is -2.11. The molecule has 2 rings (SSSR count). The Bertz CT molecular complexity index is 529. The van der Waals surface area contributed by atoms with Gasteiger partial charge in [0.1, 0.15) is 0 Å². The minimum absolute atomic E-state index is 0.0643. The molecule has 0 saturated carbocycles. The number of hydrogen-bond donors (Lipinski definition) is 0. The first-order chi connectivity index (χ1) is 7.89. The summed E-state index contributed by atoms with van der Waals surface area (Å²) in [5.74, 6) is 0. The fourth-order valence-electron chi connectivity index (χ4n) is 1.47. The van der Waals surface area contributed by atoms with Crippen molar-refractivity contribution in [2.75, 3.05) is 0 Å². The highest BCUT2D eigenvalue weighted by Gasteiger charge is 2.38. The van der Waals surface area contributed by atoms with Crippen LogP contribution in [-0.2, 0) is 6.18 Å². The van der Waals surface area contributed by atoms with Crippen molar-refractivity contribution in [3.8, 4) is 5.69 Å². The monoisotopic (exact) mass is 304 g/mol. The molecular weight excluding hydrogens is 297 g/mol. The highest BCUT2D eigenvalue weighted by atomic mass is 79.9. The molecule has 6 heteroatoms. The molecule has 0 aliphatic rings. The molecule has 0 N–H and O–H groups in total. The third kappa shape index (κ3) is 2.36. The standard InChI is InChI=1S/C11H8BrF3N2/c1-7-2-4-8(5-3-7)17-10(11(13,14)15)9(12)6-16-17/h2-6H,1H3.